The number of anilines is 1. The fourth-order valence-electron chi connectivity index (χ4n) is 2.72. The number of nitrogens with one attached hydrogen (secondary N) is 1. The minimum absolute atomic E-state index is 0.0328. The van der Waals surface area contributed by atoms with Crippen molar-refractivity contribution < 1.29 is 4.74 Å². The summed E-state index contributed by atoms with van der Waals surface area (Å²) in [7, 11) is 0. The summed E-state index contributed by atoms with van der Waals surface area (Å²) in [6.07, 6.45) is 5.73. The minimum atomic E-state index is -0.131. The zero-order valence-electron chi connectivity index (χ0n) is 12.1. The predicted molar refractivity (Wildman–Crippen MR) is 79.8 cm³/mol. The third kappa shape index (κ3) is 2.59. The van der Waals surface area contributed by atoms with Crippen LogP contribution in [0.25, 0.3) is 0 Å². The number of hydrogen-bond acceptors (Lipinski definition) is 6. The van der Waals surface area contributed by atoms with Crippen molar-refractivity contribution in [1.82, 2.24) is 19.7 Å². The average molecular weight is 299 g/mol. The Morgan fingerprint density at radius 1 is 1.23 bits per heavy atom. The highest BCUT2D eigenvalue weighted by Crippen LogP contribution is 2.38. The van der Waals surface area contributed by atoms with Crippen LogP contribution in [0.2, 0.25) is 0 Å². The molecule has 1 saturated heterocycles. The molecule has 1 N–H and O–H groups in total. The van der Waals surface area contributed by atoms with Crippen LogP contribution in [0, 0.1) is 0 Å². The van der Waals surface area contributed by atoms with Crippen LogP contribution < -0.4 is 10.9 Å². The number of ether oxygens (including phenoxy) is 1. The van der Waals surface area contributed by atoms with Gasteiger partial charge < -0.3 is 10.1 Å². The zero-order valence-corrected chi connectivity index (χ0v) is 12.1. The van der Waals surface area contributed by atoms with Crippen molar-refractivity contribution >= 4 is 5.82 Å². The molecule has 0 radical (unpaired) electrons. The quantitative estimate of drug-likeness (QED) is 0.905. The van der Waals surface area contributed by atoms with Gasteiger partial charge in [0, 0.05) is 24.4 Å². The van der Waals surface area contributed by atoms with E-state index >= 15 is 0 Å². The predicted octanol–water partition coefficient (Wildman–Crippen LogP) is 0.963. The van der Waals surface area contributed by atoms with Crippen molar-refractivity contribution in [2.45, 2.75) is 30.8 Å². The van der Waals surface area contributed by atoms with Crippen LogP contribution in [-0.4, -0.2) is 39.0 Å². The van der Waals surface area contributed by atoms with E-state index in [-0.39, 0.29) is 17.6 Å². The topological polar surface area (TPSA) is 81.9 Å². The first-order chi connectivity index (χ1) is 10.8. The normalized spacial score (nSPS) is 24.4. The molecule has 22 heavy (non-hydrogen) atoms. The maximum absolute atomic E-state index is 11.9. The molecule has 2 atom stereocenters. The number of rotatable bonds is 4. The molecular weight excluding hydrogens is 282 g/mol. The van der Waals surface area contributed by atoms with Gasteiger partial charge in [0.25, 0.3) is 5.56 Å². The Morgan fingerprint density at radius 3 is 2.95 bits per heavy atom. The van der Waals surface area contributed by atoms with E-state index < -0.39 is 0 Å². The lowest BCUT2D eigenvalue weighted by Crippen LogP contribution is -2.37. The van der Waals surface area contributed by atoms with Crippen molar-refractivity contribution in [3.63, 3.8) is 0 Å². The Kier molecular flexibility index (Phi) is 3.34. The second-order valence-electron chi connectivity index (χ2n) is 5.74. The van der Waals surface area contributed by atoms with Crippen LogP contribution in [0.3, 0.4) is 0 Å². The van der Waals surface area contributed by atoms with E-state index in [1.165, 1.54) is 23.6 Å². The van der Waals surface area contributed by atoms with Crippen LogP contribution in [0.4, 0.5) is 5.82 Å². The summed E-state index contributed by atoms with van der Waals surface area (Å²) in [6.45, 7) is 0.992. The van der Waals surface area contributed by atoms with Gasteiger partial charge in [-0.25, -0.2) is 14.6 Å². The molecule has 4 rings (SSSR count). The molecule has 2 aromatic rings. The Hall–Kier alpha value is -2.28. The minimum Gasteiger partial charge on any atom is -0.377 e. The third-order valence-corrected chi connectivity index (χ3v) is 4.06. The molecule has 1 aliphatic heterocycles. The standard InChI is InChI=1S/C15H17N5O2/c21-14-2-1-6-17-20(14)12-9-22-8-11(12)18-13-5-7-16-15(19-13)10-3-4-10/h1-2,5-7,10-12H,3-4,8-9H2,(H,16,18,19). The molecule has 114 valence electrons. The molecule has 1 aliphatic carbocycles. The molecule has 0 spiro atoms. The fraction of sp³-hybridized carbons (Fsp3) is 0.467. The van der Waals surface area contributed by atoms with Crippen molar-refractivity contribution in [3.05, 3.63) is 46.8 Å². The second-order valence-corrected chi connectivity index (χ2v) is 5.74. The number of aromatic nitrogens is 4. The summed E-state index contributed by atoms with van der Waals surface area (Å²) in [4.78, 5) is 20.8. The largest absolute Gasteiger partial charge is 0.377 e. The molecule has 3 heterocycles. The van der Waals surface area contributed by atoms with E-state index in [0.29, 0.717) is 19.1 Å². The van der Waals surface area contributed by atoms with E-state index in [4.69, 9.17) is 4.74 Å². The first-order valence-electron chi connectivity index (χ1n) is 7.52. The van der Waals surface area contributed by atoms with Crippen LogP contribution >= 0.6 is 0 Å². The maximum Gasteiger partial charge on any atom is 0.267 e. The molecule has 7 nitrogen and oxygen atoms in total. The molecule has 2 fully saturated rings. The van der Waals surface area contributed by atoms with Gasteiger partial charge in [-0.2, -0.15) is 5.10 Å². The van der Waals surface area contributed by atoms with E-state index in [1.54, 1.807) is 18.5 Å². The molecule has 0 amide bonds. The van der Waals surface area contributed by atoms with Gasteiger partial charge >= 0.3 is 0 Å². The Bertz CT molecular complexity index is 728. The summed E-state index contributed by atoms with van der Waals surface area (Å²) in [6, 6.07) is 4.84. The highest BCUT2D eigenvalue weighted by molar-refractivity contribution is 5.36. The summed E-state index contributed by atoms with van der Waals surface area (Å²) in [5.41, 5.74) is -0.119. The third-order valence-electron chi connectivity index (χ3n) is 4.06. The molecular formula is C15H17N5O2. The first kappa shape index (κ1) is 13.4. The Labute approximate surface area is 127 Å². The van der Waals surface area contributed by atoms with E-state index in [9.17, 15) is 4.79 Å². The SMILES string of the molecule is O=c1cccnn1C1COCC1Nc1ccnc(C2CC2)n1. The smallest absolute Gasteiger partial charge is 0.267 e. The Balaban J connectivity index is 1.55. The van der Waals surface area contributed by atoms with Gasteiger partial charge in [-0.3, -0.25) is 4.79 Å². The molecule has 1 saturated carbocycles. The lowest BCUT2D eigenvalue weighted by atomic mass is 10.1. The molecule has 2 unspecified atom stereocenters. The van der Waals surface area contributed by atoms with E-state index in [1.807, 2.05) is 6.07 Å². The summed E-state index contributed by atoms with van der Waals surface area (Å²) < 4.78 is 7.02. The van der Waals surface area contributed by atoms with Crippen molar-refractivity contribution in [3.8, 4) is 0 Å². The van der Waals surface area contributed by atoms with Gasteiger partial charge in [0.15, 0.2) is 0 Å². The highest BCUT2D eigenvalue weighted by atomic mass is 16.5. The zero-order chi connectivity index (χ0) is 14.9. The van der Waals surface area contributed by atoms with Crippen LogP contribution in [-0.2, 0) is 4.74 Å². The monoisotopic (exact) mass is 299 g/mol. The van der Waals surface area contributed by atoms with Crippen molar-refractivity contribution in [2.24, 2.45) is 0 Å². The highest BCUT2D eigenvalue weighted by Gasteiger charge is 2.32. The fourth-order valence-corrected chi connectivity index (χ4v) is 2.72. The average Bonchev–Trinajstić information content (AvgIpc) is 3.29. The van der Waals surface area contributed by atoms with Crippen molar-refractivity contribution in [2.75, 3.05) is 18.5 Å². The molecule has 0 aromatic carbocycles. The van der Waals surface area contributed by atoms with Gasteiger partial charge in [-0.15, -0.1) is 0 Å². The molecule has 2 aromatic heterocycles. The lowest BCUT2D eigenvalue weighted by Gasteiger charge is -2.20. The van der Waals surface area contributed by atoms with Crippen molar-refractivity contribution in [1.29, 1.82) is 0 Å². The van der Waals surface area contributed by atoms with Gasteiger partial charge in [-0.1, -0.05) is 0 Å². The molecule has 7 heteroatoms. The second kappa shape index (κ2) is 5.49. The van der Waals surface area contributed by atoms with E-state index in [2.05, 4.69) is 20.4 Å². The number of nitrogens with zero attached hydrogens (tertiary/aromatic N) is 4. The summed E-state index contributed by atoms with van der Waals surface area (Å²) >= 11 is 0. The van der Waals surface area contributed by atoms with Gasteiger partial charge in [0.05, 0.1) is 19.3 Å². The van der Waals surface area contributed by atoms with Gasteiger partial charge in [-0.05, 0) is 25.0 Å². The summed E-state index contributed by atoms with van der Waals surface area (Å²) in [5.74, 6) is 2.19. The molecule has 2 aliphatic rings. The van der Waals surface area contributed by atoms with Gasteiger partial charge in [0.2, 0.25) is 0 Å². The lowest BCUT2D eigenvalue weighted by molar-refractivity contribution is 0.182. The Morgan fingerprint density at radius 2 is 2.14 bits per heavy atom. The maximum atomic E-state index is 11.9. The molecule has 0 bridgehead atoms. The number of hydrogen-bond donors (Lipinski definition) is 1. The summed E-state index contributed by atoms with van der Waals surface area (Å²) in [5, 5.41) is 7.52. The van der Waals surface area contributed by atoms with Gasteiger partial charge in [0.1, 0.15) is 17.7 Å². The van der Waals surface area contributed by atoms with Crippen LogP contribution in [0.15, 0.2) is 35.4 Å². The van der Waals surface area contributed by atoms with E-state index in [0.717, 1.165) is 11.6 Å². The van der Waals surface area contributed by atoms with Crippen LogP contribution in [0.5, 0.6) is 0 Å². The first-order valence-corrected chi connectivity index (χ1v) is 7.52. The van der Waals surface area contributed by atoms with Crippen LogP contribution in [0.1, 0.15) is 30.6 Å².